The number of nitrogens with zero attached hydrogens (tertiary/aromatic N) is 3. The summed E-state index contributed by atoms with van der Waals surface area (Å²) in [6, 6.07) is 4.88. The number of rotatable bonds is 4. The van der Waals surface area contributed by atoms with Crippen molar-refractivity contribution in [3.63, 3.8) is 0 Å². The van der Waals surface area contributed by atoms with Crippen LogP contribution in [0.5, 0.6) is 0 Å². The second kappa shape index (κ2) is 7.17. The van der Waals surface area contributed by atoms with Crippen LogP contribution in [0.1, 0.15) is 36.0 Å². The molecule has 0 saturated carbocycles. The molecule has 0 unspecified atom stereocenters. The Morgan fingerprint density at radius 3 is 2.46 bits per heavy atom. The van der Waals surface area contributed by atoms with Crippen molar-refractivity contribution in [1.29, 1.82) is 0 Å². The molecular weight excluding hydrogens is 308 g/mol. The number of carbonyl (C=O) groups excluding carboxylic acids is 1. The van der Waals surface area contributed by atoms with Crippen LogP contribution in [0.4, 0.5) is 11.4 Å². The summed E-state index contributed by atoms with van der Waals surface area (Å²) in [5.41, 5.74) is 6.73. The normalized spacial score (nSPS) is 18.9. The number of piperidine rings is 1. The van der Waals surface area contributed by atoms with E-state index in [1.807, 2.05) is 4.90 Å². The molecule has 7 heteroatoms. The van der Waals surface area contributed by atoms with Gasteiger partial charge in [-0.05, 0) is 50.3 Å². The van der Waals surface area contributed by atoms with Gasteiger partial charge < -0.3 is 15.5 Å². The highest BCUT2D eigenvalue weighted by molar-refractivity contribution is 5.96. The lowest BCUT2D eigenvalue weighted by molar-refractivity contribution is -0.384. The molecule has 0 aliphatic carbocycles. The lowest BCUT2D eigenvalue weighted by Crippen LogP contribution is -2.40. The van der Waals surface area contributed by atoms with Crippen molar-refractivity contribution in [2.75, 3.05) is 37.6 Å². The maximum absolute atomic E-state index is 12.7. The molecular formula is C17H24N4O3. The average molecular weight is 332 g/mol. The van der Waals surface area contributed by atoms with Crippen molar-refractivity contribution < 1.29 is 9.72 Å². The van der Waals surface area contributed by atoms with Crippen molar-refractivity contribution in [2.24, 2.45) is 11.7 Å². The second-order valence-corrected chi connectivity index (χ2v) is 6.63. The van der Waals surface area contributed by atoms with Gasteiger partial charge >= 0.3 is 0 Å². The van der Waals surface area contributed by atoms with E-state index in [1.54, 1.807) is 17.0 Å². The van der Waals surface area contributed by atoms with E-state index < -0.39 is 0 Å². The van der Waals surface area contributed by atoms with Gasteiger partial charge in [0, 0.05) is 37.8 Å². The fraction of sp³-hybridized carbons (Fsp3) is 0.588. The Morgan fingerprint density at radius 1 is 1.21 bits per heavy atom. The van der Waals surface area contributed by atoms with Crippen molar-refractivity contribution in [3.8, 4) is 0 Å². The lowest BCUT2D eigenvalue weighted by Gasteiger charge is -2.31. The van der Waals surface area contributed by atoms with Gasteiger partial charge in [-0.15, -0.1) is 0 Å². The summed E-state index contributed by atoms with van der Waals surface area (Å²) >= 11 is 0. The minimum atomic E-state index is -0.384. The van der Waals surface area contributed by atoms with E-state index in [0.29, 0.717) is 36.8 Å². The van der Waals surface area contributed by atoms with E-state index in [4.69, 9.17) is 5.73 Å². The number of hydrogen-bond donors (Lipinski definition) is 1. The summed E-state index contributed by atoms with van der Waals surface area (Å²) < 4.78 is 0. The van der Waals surface area contributed by atoms with Gasteiger partial charge in [0.2, 0.25) is 0 Å². The van der Waals surface area contributed by atoms with Crippen LogP contribution in [0.25, 0.3) is 0 Å². The largest absolute Gasteiger partial charge is 0.366 e. The van der Waals surface area contributed by atoms with Gasteiger partial charge in [-0.1, -0.05) is 0 Å². The maximum atomic E-state index is 12.7. The van der Waals surface area contributed by atoms with Crippen LogP contribution in [0.3, 0.4) is 0 Å². The maximum Gasteiger partial charge on any atom is 0.293 e. The minimum Gasteiger partial charge on any atom is -0.366 e. The average Bonchev–Trinajstić information content (AvgIpc) is 3.15. The highest BCUT2D eigenvalue weighted by Crippen LogP contribution is 2.32. The first-order chi connectivity index (χ1) is 11.6. The van der Waals surface area contributed by atoms with E-state index >= 15 is 0 Å². The Hall–Kier alpha value is -2.15. The second-order valence-electron chi connectivity index (χ2n) is 6.63. The van der Waals surface area contributed by atoms with Gasteiger partial charge in [-0.3, -0.25) is 14.9 Å². The number of nitro benzene ring substituents is 1. The molecule has 130 valence electrons. The molecule has 3 rings (SSSR count). The van der Waals surface area contributed by atoms with E-state index in [-0.39, 0.29) is 16.5 Å². The summed E-state index contributed by atoms with van der Waals surface area (Å²) in [6.45, 7) is 3.66. The highest BCUT2D eigenvalue weighted by Gasteiger charge is 2.27. The summed E-state index contributed by atoms with van der Waals surface area (Å²) in [7, 11) is 0. The summed E-state index contributed by atoms with van der Waals surface area (Å²) in [5, 5.41) is 11.5. The number of likely N-dealkylation sites (tertiary alicyclic amines) is 1. The van der Waals surface area contributed by atoms with Gasteiger partial charge in [0.15, 0.2) is 0 Å². The minimum absolute atomic E-state index is 0.0274. The molecule has 2 heterocycles. The van der Waals surface area contributed by atoms with Gasteiger partial charge in [0.1, 0.15) is 5.69 Å². The molecule has 1 aromatic rings. The van der Waals surface area contributed by atoms with Crippen molar-refractivity contribution >= 4 is 17.3 Å². The smallest absolute Gasteiger partial charge is 0.293 e. The number of nitrogens with two attached hydrogens (primary N) is 1. The molecule has 1 aromatic carbocycles. The van der Waals surface area contributed by atoms with E-state index in [1.165, 1.54) is 6.07 Å². The summed E-state index contributed by atoms with van der Waals surface area (Å²) in [4.78, 5) is 27.5. The monoisotopic (exact) mass is 332 g/mol. The van der Waals surface area contributed by atoms with Crippen molar-refractivity contribution in [3.05, 3.63) is 33.9 Å². The van der Waals surface area contributed by atoms with Crippen LogP contribution in [0, 0.1) is 16.0 Å². The number of carbonyl (C=O) groups is 1. The van der Waals surface area contributed by atoms with Crippen LogP contribution in [0.2, 0.25) is 0 Å². The van der Waals surface area contributed by atoms with Crippen molar-refractivity contribution in [1.82, 2.24) is 4.90 Å². The Bertz CT molecular complexity index is 620. The zero-order chi connectivity index (χ0) is 17.1. The van der Waals surface area contributed by atoms with Gasteiger partial charge in [0.05, 0.1) is 4.92 Å². The standard InChI is InChI=1S/C17H24N4O3/c18-12-13-5-9-20(10-6-13)17(22)14-3-4-15(16(11-14)21(23)24)19-7-1-2-8-19/h3-4,11,13H,1-2,5-10,12,18H2. The molecule has 0 atom stereocenters. The van der Waals surface area contributed by atoms with Crippen LogP contribution >= 0.6 is 0 Å². The SMILES string of the molecule is NCC1CCN(C(=O)c2ccc(N3CCCC3)c([N+](=O)[O-])c2)CC1. The molecule has 2 aliphatic heterocycles. The molecule has 0 aromatic heterocycles. The number of nitro groups is 1. The van der Waals surface area contributed by atoms with Crippen LogP contribution in [-0.2, 0) is 0 Å². The molecule has 7 nitrogen and oxygen atoms in total. The first kappa shape index (κ1) is 16.7. The molecule has 2 aliphatic rings. The third kappa shape index (κ3) is 3.36. The molecule has 1 amide bonds. The number of hydrogen-bond acceptors (Lipinski definition) is 5. The zero-order valence-corrected chi connectivity index (χ0v) is 13.8. The molecule has 0 bridgehead atoms. The predicted molar refractivity (Wildman–Crippen MR) is 92.2 cm³/mol. The van der Waals surface area contributed by atoms with Crippen LogP contribution in [0.15, 0.2) is 18.2 Å². The Morgan fingerprint density at radius 2 is 1.88 bits per heavy atom. The third-order valence-electron chi connectivity index (χ3n) is 5.10. The molecule has 2 saturated heterocycles. The fourth-order valence-electron chi connectivity index (χ4n) is 3.58. The Kier molecular flexibility index (Phi) is 4.99. The van der Waals surface area contributed by atoms with Gasteiger partial charge in [-0.2, -0.15) is 0 Å². The van der Waals surface area contributed by atoms with Crippen molar-refractivity contribution in [2.45, 2.75) is 25.7 Å². The topological polar surface area (TPSA) is 92.7 Å². The van der Waals surface area contributed by atoms with Crippen LogP contribution in [-0.4, -0.2) is 48.5 Å². The summed E-state index contributed by atoms with van der Waals surface area (Å²) in [6.07, 6.45) is 3.90. The van der Waals surface area contributed by atoms with E-state index in [2.05, 4.69) is 0 Å². The number of benzene rings is 1. The van der Waals surface area contributed by atoms with E-state index in [9.17, 15) is 14.9 Å². The number of amides is 1. The van der Waals surface area contributed by atoms with Crippen LogP contribution < -0.4 is 10.6 Å². The first-order valence-electron chi connectivity index (χ1n) is 8.63. The Labute approximate surface area is 141 Å². The lowest BCUT2D eigenvalue weighted by atomic mass is 9.96. The molecule has 2 N–H and O–H groups in total. The fourth-order valence-corrected chi connectivity index (χ4v) is 3.58. The molecule has 2 fully saturated rings. The zero-order valence-electron chi connectivity index (χ0n) is 13.8. The third-order valence-corrected chi connectivity index (χ3v) is 5.10. The highest BCUT2D eigenvalue weighted by atomic mass is 16.6. The predicted octanol–water partition coefficient (Wildman–Crippen LogP) is 2.01. The summed E-state index contributed by atoms with van der Waals surface area (Å²) in [5.74, 6) is 0.350. The molecule has 0 spiro atoms. The van der Waals surface area contributed by atoms with Gasteiger partial charge in [-0.25, -0.2) is 0 Å². The molecule has 24 heavy (non-hydrogen) atoms. The quantitative estimate of drug-likeness (QED) is 0.672. The van der Waals surface area contributed by atoms with E-state index in [0.717, 1.165) is 38.8 Å². The van der Waals surface area contributed by atoms with Gasteiger partial charge in [0.25, 0.3) is 11.6 Å². The number of anilines is 1. The molecule has 0 radical (unpaired) electrons. The Balaban J connectivity index is 1.79. The first-order valence-corrected chi connectivity index (χ1v) is 8.63.